The molecule has 0 bridgehead atoms. The number of rotatable bonds is 20. The molecular weight excluding hydrogens is 1660 g/mol. The van der Waals surface area contributed by atoms with Crippen LogP contribution in [-0.2, 0) is 101 Å². The number of phenolic OH excluding ortho intramolecular Hbond substituents is 1. The number of aromatic hydroxyl groups is 1. The largest absolute Gasteiger partial charge is 0.507 e. The number of hydrogen-bond acceptors (Lipinski definition) is 24. The Hall–Kier alpha value is -6.16. The van der Waals surface area contributed by atoms with Crippen molar-refractivity contribution in [3.8, 4) is 11.8 Å². The number of aliphatic hydroxyl groups is 18. The Bertz CT molecular complexity index is 4070. The minimum Gasteiger partial charge on any atom is -0.507 e. The van der Waals surface area contributed by atoms with Crippen LogP contribution in [0.5, 0.6) is 5.75 Å². The van der Waals surface area contributed by atoms with Crippen LogP contribution in [0.4, 0.5) is 5.69 Å². The van der Waals surface area contributed by atoms with E-state index in [1.807, 2.05) is 0 Å². The quantitative estimate of drug-likeness (QED) is 0.0146. The number of nitrogens with zero attached hydrogens (tertiary/aromatic N) is 2. The zero-order valence-corrected chi connectivity index (χ0v) is 79.9. The first-order valence-corrected chi connectivity index (χ1v) is 40.4. The van der Waals surface area contributed by atoms with Crippen LogP contribution in [0.25, 0.3) is 0 Å². The van der Waals surface area contributed by atoms with Gasteiger partial charge in [0.15, 0.2) is 0 Å². The third-order valence-corrected chi connectivity index (χ3v) is 21.0. The van der Waals surface area contributed by atoms with Crippen molar-refractivity contribution < 1.29 is 112 Å². The lowest BCUT2D eigenvalue weighted by molar-refractivity contribution is -0.388. The molecule has 6 rings (SSSR count). The first-order valence-electron chi connectivity index (χ1n) is 38.8. The number of nitro groups is 1. The summed E-state index contributed by atoms with van der Waals surface area (Å²) in [7, 11) is 0. The van der Waals surface area contributed by atoms with E-state index in [-0.39, 0.29) is 55.9 Å². The van der Waals surface area contributed by atoms with Gasteiger partial charge in [-0.05, 0) is 411 Å². The number of carbonyl (C=O) groups is 1. The Morgan fingerprint density at radius 2 is 0.462 bits per heavy atom. The van der Waals surface area contributed by atoms with E-state index in [0.717, 1.165) is 3.57 Å². The van der Waals surface area contributed by atoms with Gasteiger partial charge in [-0.2, -0.15) is 5.26 Å². The van der Waals surface area contributed by atoms with Crippen molar-refractivity contribution in [3.63, 3.8) is 0 Å². The maximum atomic E-state index is 11.6. The topological polar surface area (TPSA) is 489 Å². The van der Waals surface area contributed by atoms with Gasteiger partial charge in [0, 0.05) is 30.7 Å². The molecule has 0 aliphatic rings. The van der Waals surface area contributed by atoms with E-state index in [9.17, 15) is 122 Å². The zero-order valence-electron chi connectivity index (χ0n) is 76.8. The van der Waals surface area contributed by atoms with Crippen molar-refractivity contribution in [3.05, 3.63) is 198 Å². The Kier molecular flexibility index (Phi) is 34.4. The summed E-state index contributed by atoms with van der Waals surface area (Å²) in [5, 5.41) is 224. The molecular formula is C92H141IN2O23S. The average Bonchev–Trinajstić information content (AvgIpc) is 0.780. The number of thiol groups is 1. The predicted octanol–water partition coefficient (Wildman–Crippen LogP) is 14.3. The molecule has 20 N–H and O–H groups in total. The van der Waals surface area contributed by atoms with Gasteiger partial charge in [0.05, 0.1) is 134 Å². The number of nitriles is 1. The van der Waals surface area contributed by atoms with E-state index < -0.39 is 112 Å². The van der Waals surface area contributed by atoms with Crippen molar-refractivity contribution in [2.75, 3.05) is 0 Å². The van der Waals surface area contributed by atoms with Crippen LogP contribution in [0, 0.1) is 25.0 Å². The van der Waals surface area contributed by atoms with Crippen LogP contribution in [0.2, 0.25) is 0 Å². The molecule has 0 unspecified atom stereocenters. The lowest BCUT2D eigenvalue weighted by Crippen LogP contribution is -2.29. The molecule has 25 nitrogen and oxygen atoms in total. The van der Waals surface area contributed by atoms with Gasteiger partial charge in [0.25, 0.3) is 5.69 Å². The predicted molar refractivity (Wildman–Crippen MR) is 473 cm³/mol. The Morgan fingerprint density at radius 3 is 0.622 bits per heavy atom. The van der Waals surface area contributed by atoms with Gasteiger partial charge < -0.3 is 102 Å². The van der Waals surface area contributed by atoms with E-state index in [1.54, 1.807) is 229 Å². The van der Waals surface area contributed by atoms with Crippen molar-refractivity contribution in [1.82, 2.24) is 0 Å². The Balaban J connectivity index is 0.000000714. The van der Waals surface area contributed by atoms with Crippen LogP contribution in [0.1, 0.15) is 365 Å². The summed E-state index contributed by atoms with van der Waals surface area (Å²) in [6.07, 6.45) is 0. The second-order valence-electron chi connectivity index (χ2n) is 40.3. The van der Waals surface area contributed by atoms with E-state index in [1.165, 1.54) is 93.5 Å². The second-order valence-corrected chi connectivity index (χ2v) is 41.8. The molecule has 119 heavy (non-hydrogen) atoms. The van der Waals surface area contributed by atoms with E-state index in [0.29, 0.717) is 71.7 Å². The van der Waals surface area contributed by atoms with Gasteiger partial charge in [-0.1, -0.05) is 0 Å². The first-order chi connectivity index (χ1) is 51.8. The smallest absolute Gasteiger partial charge is 0.336 e. The SMILES string of the molecule is CC(C)(O)c1cc(C(C)(C)O)c(C#N)c(C(C)(C)O)c1.CC(C)(O)c1cc(C(C)(C)O)c(C(=O)O)c(C(C)(C)O)c1.CC(C)(O)c1cc(C(C)(C)O)c(I)c(C(C)(C)O)c1.CC(C)(O)c1cc(C(C)(C)O)c(O)c(C(C)(C)O)c1.CC(C)(O)c1cc(C(C)(C)O)c(S)c(C(C)(C)O)c1.CC(C)(O)c1cc(C(C)(C)O)c([N+](=O)[O-])c(C(C)(C)O)c1. The molecule has 0 saturated carbocycles. The minimum atomic E-state index is -1.48. The maximum absolute atomic E-state index is 11.6. The molecule has 6 aromatic carbocycles. The van der Waals surface area contributed by atoms with E-state index in [4.69, 9.17) is 0 Å². The zero-order chi connectivity index (χ0) is 95.2. The van der Waals surface area contributed by atoms with Gasteiger partial charge in [-0.3, -0.25) is 10.1 Å². The molecule has 27 heteroatoms. The second kappa shape index (κ2) is 36.9. The number of carboxylic acids is 1. The maximum Gasteiger partial charge on any atom is 0.336 e. The van der Waals surface area contributed by atoms with Crippen LogP contribution < -0.4 is 0 Å². The van der Waals surface area contributed by atoms with E-state index in [2.05, 4.69) is 41.3 Å². The molecule has 0 aliphatic heterocycles. The third-order valence-electron chi connectivity index (χ3n) is 19.3. The van der Waals surface area contributed by atoms with Crippen LogP contribution >= 0.6 is 35.2 Å². The number of halogens is 1. The number of hydrogen-bond donors (Lipinski definition) is 21. The highest BCUT2D eigenvalue weighted by Crippen LogP contribution is 2.46. The fraction of sp³-hybridized carbons (Fsp3) is 0.587. The monoisotopic (exact) mass is 1800 g/mol. The lowest BCUT2D eigenvalue weighted by Gasteiger charge is -2.30. The molecule has 0 spiro atoms. The number of nitro benzene ring substituents is 1. The summed E-state index contributed by atoms with van der Waals surface area (Å²) in [6.45, 7) is 56.9. The van der Waals surface area contributed by atoms with Gasteiger partial charge in [0.1, 0.15) is 5.75 Å². The van der Waals surface area contributed by atoms with Crippen molar-refractivity contribution >= 4 is 46.9 Å². The summed E-state index contributed by atoms with van der Waals surface area (Å²) >= 11 is 6.57. The van der Waals surface area contributed by atoms with Gasteiger partial charge >= 0.3 is 5.97 Å². The van der Waals surface area contributed by atoms with Gasteiger partial charge in [-0.25, -0.2) is 4.79 Å². The summed E-state index contributed by atoms with van der Waals surface area (Å²) in [4.78, 5) is 23.0. The molecule has 0 radical (unpaired) electrons. The summed E-state index contributed by atoms with van der Waals surface area (Å²) in [5.41, 5.74) is -14.5. The molecule has 670 valence electrons. The van der Waals surface area contributed by atoms with Crippen LogP contribution in [-0.4, -0.2) is 113 Å². The molecule has 6 aromatic rings. The number of benzene rings is 6. The highest BCUT2D eigenvalue weighted by Gasteiger charge is 2.41. The lowest BCUT2D eigenvalue weighted by atomic mass is 9.80. The molecule has 0 aromatic heterocycles. The number of aromatic carboxylic acids is 1. The van der Waals surface area contributed by atoms with Crippen molar-refractivity contribution in [2.45, 2.75) is 355 Å². The molecule has 0 saturated heterocycles. The first kappa shape index (κ1) is 111. The number of carboxylic acid groups (broad SMARTS) is 1. The fourth-order valence-electron chi connectivity index (χ4n) is 12.1. The minimum absolute atomic E-state index is 0.0595. The average molecular weight is 1800 g/mol. The highest BCUT2D eigenvalue weighted by atomic mass is 127. The van der Waals surface area contributed by atoms with Gasteiger partial charge in [-0.15, -0.1) is 12.6 Å². The summed E-state index contributed by atoms with van der Waals surface area (Å²) in [5.74, 6) is -1.38. The van der Waals surface area contributed by atoms with Crippen LogP contribution in [0.3, 0.4) is 0 Å². The van der Waals surface area contributed by atoms with Gasteiger partial charge in [0.2, 0.25) is 0 Å². The number of phenols is 1. The molecule has 0 heterocycles. The normalized spacial score (nSPS) is 13.5. The molecule has 0 aliphatic carbocycles. The Morgan fingerprint density at radius 1 is 0.303 bits per heavy atom. The van der Waals surface area contributed by atoms with Crippen molar-refractivity contribution in [2.24, 2.45) is 0 Å². The van der Waals surface area contributed by atoms with Crippen LogP contribution in [0.15, 0.2) is 77.7 Å². The molecule has 0 amide bonds. The molecule has 0 atom stereocenters. The highest BCUT2D eigenvalue weighted by molar-refractivity contribution is 14.1. The third kappa shape index (κ3) is 31.2. The summed E-state index contributed by atoms with van der Waals surface area (Å²) in [6, 6.07) is 21.2. The standard InChI is InChI=1S/C16H23NO3.C16H24O5.C15H23IO3.C15H23NO5.C15H24O4.C15H24O3S/c1-14(2,18)10-7-12(15(3,4)19)11(9-17)13(8-10)16(5,6)20;1-14(2,19)9-7-10(15(3,4)20)12(13(17)18)11(8-9)16(5,6)21;1-13(2,17)9-7-10(14(3,4)18)12(16)11(8-9)15(5,6)19;1-13(2,17)9-7-10(14(3,4)18)12(16(20)21)11(8-9)15(5,6)19;1-13(2,17)9-7-10(14(3,4)18)12(16)11(8-9)15(5,6)19;1-13(2,16)9-7-10(14(3,4)17)12(19)11(8-9)15(5,6)18/h7-8,18-20H,1-6H3;7-8,19-21H,1-6H3,(H,17,18);7-8,17-19H,1-6H3;7-8,17-19H,1-6H3;2*7-8,16-19H,1-6H3. The summed E-state index contributed by atoms with van der Waals surface area (Å²) < 4.78 is 0.825. The fourth-order valence-corrected chi connectivity index (χ4v) is 14.4. The van der Waals surface area contributed by atoms with E-state index >= 15 is 0 Å². The van der Waals surface area contributed by atoms with Crippen molar-refractivity contribution in [1.29, 1.82) is 5.26 Å². The molecule has 0 fully saturated rings. The Labute approximate surface area is 724 Å².